The van der Waals surface area contributed by atoms with E-state index in [1.807, 2.05) is 0 Å². The number of nitrogens with zero attached hydrogens (tertiary/aromatic N) is 1. The maximum Gasteiger partial charge on any atom is 0.245 e. The van der Waals surface area contributed by atoms with Crippen LogP contribution in [0.25, 0.3) is 0 Å². The van der Waals surface area contributed by atoms with Gasteiger partial charge in [-0.25, -0.2) is 0 Å². The Morgan fingerprint density at radius 2 is 1.75 bits per heavy atom. The summed E-state index contributed by atoms with van der Waals surface area (Å²) in [6, 6.07) is 0.120. The highest BCUT2D eigenvalue weighted by molar-refractivity contribution is 5.90. The van der Waals surface area contributed by atoms with Crippen LogP contribution in [-0.4, -0.2) is 35.3 Å². The number of carbonyl (C=O) groups is 2. The molecule has 1 atom stereocenters. The lowest BCUT2D eigenvalue weighted by Crippen LogP contribution is -2.50. The molecule has 1 N–H and O–H groups in total. The molecule has 3 fully saturated rings. The lowest BCUT2D eigenvalue weighted by atomic mass is 10.00. The molecular weight excluding hydrogens is 252 g/mol. The number of carbonyl (C=O) groups excluding carboxylic acids is 2. The molecule has 0 bridgehead atoms. The Kier molecular flexibility index (Phi) is 3.74. The van der Waals surface area contributed by atoms with Crippen molar-refractivity contribution >= 4 is 11.8 Å². The zero-order valence-electron chi connectivity index (χ0n) is 12.6. The van der Waals surface area contributed by atoms with Crippen molar-refractivity contribution in [2.24, 2.45) is 17.8 Å². The minimum Gasteiger partial charge on any atom is -0.344 e. The zero-order chi connectivity index (χ0) is 14.3. The summed E-state index contributed by atoms with van der Waals surface area (Å²) in [4.78, 5) is 26.8. The summed E-state index contributed by atoms with van der Waals surface area (Å²) >= 11 is 0. The van der Waals surface area contributed by atoms with Crippen molar-refractivity contribution < 1.29 is 9.59 Å². The summed E-state index contributed by atoms with van der Waals surface area (Å²) in [6.07, 6.45) is 6.28. The molecule has 0 aromatic carbocycles. The van der Waals surface area contributed by atoms with E-state index >= 15 is 0 Å². The highest BCUT2D eigenvalue weighted by Gasteiger charge is 2.47. The van der Waals surface area contributed by atoms with Gasteiger partial charge in [-0.15, -0.1) is 0 Å². The summed E-state index contributed by atoms with van der Waals surface area (Å²) in [5.74, 6) is 2.05. The van der Waals surface area contributed by atoms with E-state index in [1.54, 1.807) is 0 Å². The van der Waals surface area contributed by atoms with Crippen molar-refractivity contribution in [3.63, 3.8) is 0 Å². The van der Waals surface area contributed by atoms with Gasteiger partial charge in [0.2, 0.25) is 11.8 Å². The van der Waals surface area contributed by atoms with Crippen molar-refractivity contribution in [1.29, 1.82) is 0 Å². The second kappa shape index (κ2) is 5.38. The van der Waals surface area contributed by atoms with Crippen molar-refractivity contribution in [2.45, 2.75) is 64.5 Å². The van der Waals surface area contributed by atoms with E-state index < -0.39 is 0 Å². The largest absolute Gasteiger partial charge is 0.344 e. The topological polar surface area (TPSA) is 49.4 Å². The van der Waals surface area contributed by atoms with Gasteiger partial charge in [-0.3, -0.25) is 9.59 Å². The maximum absolute atomic E-state index is 12.8. The van der Waals surface area contributed by atoms with Gasteiger partial charge in [0.1, 0.15) is 6.04 Å². The molecular formula is C16H26N2O2. The minimum atomic E-state index is -0.301. The third-order valence-electron chi connectivity index (χ3n) is 4.77. The first-order chi connectivity index (χ1) is 9.56. The average Bonchev–Trinajstić information content (AvgIpc) is 3.24. The summed E-state index contributed by atoms with van der Waals surface area (Å²) < 4.78 is 0. The Hall–Kier alpha value is -1.06. The molecule has 0 spiro atoms. The van der Waals surface area contributed by atoms with E-state index in [4.69, 9.17) is 0 Å². The van der Waals surface area contributed by atoms with Crippen LogP contribution in [0.4, 0.5) is 0 Å². The van der Waals surface area contributed by atoms with Crippen LogP contribution >= 0.6 is 0 Å². The summed E-state index contributed by atoms with van der Waals surface area (Å²) in [6.45, 7) is 4.83. The molecule has 2 aliphatic carbocycles. The van der Waals surface area contributed by atoms with Gasteiger partial charge in [0.15, 0.2) is 0 Å². The predicted octanol–water partition coefficient (Wildman–Crippen LogP) is 1.94. The molecule has 2 amide bonds. The molecule has 20 heavy (non-hydrogen) atoms. The standard InChI is InChI=1S/C16H26N2O2/c1-10(2)9-13-16(20)18(8-7-14(19)17-13)15(11-3-4-11)12-5-6-12/h10-13,15H,3-9H2,1-2H3,(H,17,19). The van der Waals surface area contributed by atoms with Crippen molar-refractivity contribution in [3.05, 3.63) is 0 Å². The Labute approximate surface area is 121 Å². The average molecular weight is 278 g/mol. The number of amides is 2. The van der Waals surface area contributed by atoms with E-state index in [2.05, 4.69) is 24.1 Å². The molecule has 4 heteroatoms. The van der Waals surface area contributed by atoms with Crippen LogP contribution in [0.3, 0.4) is 0 Å². The second-order valence-electron chi connectivity index (χ2n) is 7.20. The summed E-state index contributed by atoms with van der Waals surface area (Å²) in [5.41, 5.74) is 0. The maximum atomic E-state index is 12.8. The van der Waals surface area contributed by atoms with Crippen LogP contribution in [0.2, 0.25) is 0 Å². The van der Waals surface area contributed by atoms with E-state index in [9.17, 15) is 9.59 Å². The number of nitrogens with one attached hydrogen (secondary N) is 1. The van der Waals surface area contributed by atoms with E-state index in [0.29, 0.717) is 36.8 Å². The van der Waals surface area contributed by atoms with Crippen LogP contribution in [0.1, 0.15) is 52.4 Å². The summed E-state index contributed by atoms with van der Waals surface area (Å²) in [7, 11) is 0. The zero-order valence-corrected chi connectivity index (χ0v) is 12.6. The third kappa shape index (κ3) is 2.99. The smallest absolute Gasteiger partial charge is 0.245 e. The second-order valence-corrected chi connectivity index (χ2v) is 7.20. The first kappa shape index (κ1) is 13.9. The fraction of sp³-hybridized carbons (Fsp3) is 0.875. The molecule has 4 nitrogen and oxygen atoms in total. The molecule has 0 radical (unpaired) electrons. The molecule has 1 unspecified atom stereocenters. The first-order valence-corrected chi connectivity index (χ1v) is 8.16. The molecule has 112 valence electrons. The first-order valence-electron chi connectivity index (χ1n) is 8.16. The van der Waals surface area contributed by atoms with E-state index in [-0.39, 0.29) is 17.9 Å². The van der Waals surface area contributed by atoms with Gasteiger partial charge in [0, 0.05) is 19.0 Å². The summed E-state index contributed by atoms with van der Waals surface area (Å²) in [5, 5.41) is 2.93. The fourth-order valence-corrected chi connectivity index (χ4v) is 3.56. The van der Waals surface area contributed by atoms with Crippen LogP contribution in [0, 0.1) is 17.8 Å². The quantitative estimate of drug-likeness (QED) is 0.835. The van der Waals surface area contributed by atoms with Gasteiger partial charge in [0.05, 0.1) is 0 Å². The molecule has 1 aliphatic heterocycles. The monoisotopic (exact) mass is 278 g/mol. The normalized spacial score (nSPS) is 28.0. The van der Waals surface area contributed by atoms with Crippen molar-refractivity contribution in [3.8, 4) is 0 Å². The molecule has 3 rings (SSSR count). The van der Waals surface area contributed by atoms with Gasteiger partial charge in [-0.2, -0.15) is 0 Å². The number of hydrogen-bond acceptors (Lipinski definition) is 2. The Morgan fingerprint density at radius 3 is 2.25 bits per heavy atom. The minimum absolute atomic E-state index is 0.0387. The predicted molar refractivity (Wildman–Crippen MR) is 77.0 cm³/mol. The molecule has 2 saturated carbocycles. The fourth-order valence-electron chi connectivity index (χ4n) is 3.56. The van der Waals surface area contributed by atoms with Gasteiger partial charge in [-0.1, -0.05) is 13.8 Å². The highest BCUT2D eigenvalue weighted by Crippen LogP contribution is 2.47. The van der Waals surface area contributed by atoms with Crippen molar-refractivity contribution in [1.82, 2.24) is 10.2 Å². The molecule has 3 aliphatic rings. The van der Waals surface area contributed by atoms with Crippen LogP contribution in [0.15, 0.2) is 0 Å². The van der Waals surface area contributed by atoms with Crippen LogP contribution in [-0.2, 0) is 9.59 Å². The Morgan fingerprint density at radius 1 is 1.15 bits per heavy atom. The third-order valence-corrected chi connectivity index (χ3v) is 4.77. The number of rotatable bonds is 5. The molecule has 1 saturated heterocycles. The van der Waals surface area contributed by atoms with Gasteiger partial charge in [0.25, 0.3) is 0 Å². The number of hydrogen-bond donors (Lipinski definition) is 1. The van der Waals surface area contributed by atoms with Gasteiger partial charge < -0.3 is 10.2 Å². The molecule has 1 heterocycles. The lowest BCUT2D eigenvalue weighted by molar-refractivity contribution is -0.136. The van der Waals surface area contributed by atoms with Gasteiger partial charge >= 0.3 is 0 Å². The Balaban J connectivity index is 1.77. The Bertz CT molecular complexity index is 387. The molecule has 0 aromatic rings. The SMILES string of the molecule is CC(C)CC1NC(=O)CCN(C(C2CC2)C2CC2)C1=O. The van der Waals surface area contributed by atoms with Gasteiger partial charge in [-0.05, 0) is 49.9 Å². The van der Waals surface area contributed by atoms with E-state index in [0.717, 1.165) is 6.42 Å². The highest BCUT2D eigenvalue weighted by atomic mass is 16.2. The van der Waals surface area contributed by atoms with Crippen LogP contribution in [0.5, 0.6) is 0 Å². The van der Waals surface area contributed by atoms with Crippen molar-refractivity contribution in [2.75, 3.05) is 6.54 Å². The van der Waals surface area contributed by atoms with Crippen LogP contribution < -0.4 is 5.32 Å². The lowest BCUT2D eigenvalue weighted by Gasteiger charge is -2.33. The van der Waals surface area contributed by atoms with E-state index in [1.165, 1.54) is 25.7 Å². The molecule has 0 aromatic heterocycles.